The lowest BCUT2D eigenvalue weighted by atomic mass is 10.2. The number of halogens is 1. The molecule has 0 aliphatic rings. The van der Waals surface area contributed by atoms with E-state index in [4.69, 9.17) is 0 Å². The fraction of sp³-hybridized carbons (Fsp3) is 0.250. The fourth-order valence-electron chi connectivity index (χ4n) is 2.71. The summed E-state index contributed by atoms with van der Waals surface area (Å²) in [6.45, 7) is 2.68. The van der Waals surface area contributed by atoms with Crippen molar-refractivity contribution >= 4 is 28.6 Å². The Kier molecular flexibility index (Phi) is 6.24. The molecular weight excluding hydrogens is 365 g/mol. The van der Waals surface area contributed by atoms with Gasteiger partial charge in [0.05, 0.1) is 17.4 Å². The maximum atomic E-state index is 12.9. The van der Waals surface area contributed by atoms with Gasteiger partial charge in [-0.2, -0.15) is 0 Å². The van der Waals surface area contributed by atoms with Crippen molar-refractivity contribution in [3.8, 4) is 0 Å². The van der Waals surface area contributed by atoms with Crippen LogP contribution in [-0.4, -0.2) is 33.1 Å². The van der Waals surface area contributed by atoms with Crippen molar-refractivity contribution in [1.82, 2.24) is 14.9 Å². The second kappa shape index (κ2) is 8.81. The Morgan fingerprint density at radius 1 is 1.19 bits per heavy atom. The number of carbonyl (C=O) groups is 1. The summed E-state index contributed by atoms with van der Waals surface area (Å²) in [6.07, 6.45) is 0.355. The van der Waals surface area contributed by atoms with E-state index in [1.807, 2.05) is 13.0 Å². The van der Waals surface area contributed by atoms with E-state index in [0.717, 1.165) is 4.90 Å². The number of rotatable bonds is 7. The second-order valence-electron chi connectivity index (χ2n) is 5.99. The van der Waals surface area contributed by atoms with Crippen LogP contribution in [0.25, 0.3) is 10.9 Å². The van der Waals surface area contributed by atoms with Crippen molar-refractivity contribution in [2.75, 3.05) is 12.3 Å². The quantitative estimate of drug-likeness (QED) is 0.631. The van der Waals surface area contributed by atoms with Gasteiger partial charge in [-0.15, -0.1) is 11.8 Å². The van der Waals surface area contributed by atoms with Crippen LogP contribution in [0.15, 0.2) is 58.2 Å². The van der Waals surface area contributed by atoms with Gasteiger partial charge in [-0.1, -0.05) is 12.1 Å². The Morgan fingerprint density at radius 3 is 2.67 bits per heavy atom. The molecule has 1 amide bonds. The maximum absolute atomic E-state index is 12.9. The lowest BCUT2D eigenvalue weighted by molar-refractivity contribution is -0.131. The smallest absolute Gasteiger partial charge is 0.258 e. The highest BCUT2D eigenvalue weighted by atomic mass is 32.2. The van der Waals surface area contributed by atoms with Crippen molar-refractivity contribution < 1.29 is 9.18 Å². The summed E-state index contributed by atoms with van der Waals surface area (Å²) < 4.78 is 12.9. The van der Waals surface area contributed by atoms with Crippen LogP contribution in [0.5, 0.6) is 0 Å². The molecule has 1 N–H and O–H groups in total. The van der Waals surface area contributed by atoms with Crippen LogP contribution in [0.3, 0.4) is 0 Å². The molecule has 0 radical (unpaired) electrons. The number of benzene rings is 2. The summed E-state index contributed by atoms with van der Waals surface area (Å²) in [6, 6.07) is 13.3. The number of amides is 1. The second-order valence-corrected chi connectivity index (χ2v) is 7.16. The number of hydrogen-bond donors (Lipinski definition) is 1. The minimum Gasteiger partial charge on any atom is -0.335 e. The molecule has 1 heterocycles. The SMILES string of the molecule is CCN(Cc1nc2ccccc2c(=O)[nH]1)C(=O)CCSc1ccc(F)cc1. The van der Waals surface area contributed by atoms with E-state index in [0.29, 0.717) is 35.4 Å². The van der Waals surface area contributed by atoms with Gasteiger partial charge in [-0.05, 0) is 43.3 Å². The number of thioether (sulfide) groups is 1. The van der Waals surface area contributed by atoms with Gasteiger partial charge in [0.1, 0.15) is 11.6 Å². The first-order chi connectivity index (χ1) is 13.1. The molecule has 0 saturated carbocycles. The zero-order valence-corrected chi connectivity index (χ0v) is 15.8. The van der Waals surface area contributed by atoms with Crippen LogP contribution >= 0.6 is 11.8 Å². The lowest BCUT2D eigenvalue weighted by Gasteiger charge is -2.20. The Labute approximate surface area is 160 Å². The fourth-order valence-corrected chi connectivity index (χ4v) is 3.55. The number of aromatic nitrogens is 2. The van der Waals surface area contributed by atoms with E-state index < -0.39 is 0 Å². The van der Waals surface area contributed by atoms with E-state index in [9.17, 15) is 14.0 Å². The molecule has 27 heavy (non-hydrogen) atoms. The van der Waals surface area contributed by atoms with E-state index >= 15 is 0 Å². The zero-order valence-electron chi connectivity index (χ0n) is 14.9. The molecular formula is C20H20FN3O2S. The van der Waals surface area contributed by atoms with Crippen molar-refractivity contribution in [3.63, 3.8) is 0 Å². The number of hydrogen-bond acceptors (Lipinski definition) is 4. The summed E-state index contributed by atoms with van der Waals surface area (Å²) in [5, 5.41) is 0.534. The lowest BCUT2D eigenvalue weighted by Crippen LogP contribution is -2.32. The summed E-state index contributed by atoms with van der Waals surface area (Å²) in [4.78, 5) is 34.5. The summed E-state index contributed by atoms with van der Waals surface area (Å²) in [5.41, 5.74) is 0.414. The Morgan fingerprint density at radius 2 is 1.93 bits per heavy atom. The Hall–Kier alpha value is -2.67. The van der Waals surface area contributed by atoms with Crippen molar-refractivity contribution in [2.24, 2.45) is 0 Å². The first-order valence-electron chi connectivity index (χ1n) is 8.71. The molecule has 0 bridgehead atoms. The minimum absolute atomic E-state index is 0.0112. The molecule has 0 unspecified atom stereocenters. The molecule has 0 atom stereocenters. The molecule has 0 fully saturated rings. The normalized spacial score (nSPS) is 10.9. The van der Waals surface area contributed by atoms with Gasteiger partial charge < -0.3 is 9.88 Å². The summed E-state index contributed by atoms with van der Waals surface area (Å²) in [7, 11) is 0. The summed E-state index contributed by atoms with van der Waals surface area (Å²) >= 11 is 1.51. The predicted molar refractivity (Wildman–Crippen MR) is 105 cm³/mol. The third-order valence-electron chi connectivity index (χ3n) is 4.14. The van der Waals surface area contributed by atoms with E-state index in [1.54, 1.807) is 35.2 Å². The van der Waals surface area contributed by atoms with Gasteiger partial charge in [-0.3, -0.25) is 9.59 Å². The van der Waals surface area contributed by atoms with Gasteiger partial charge in [-0.25, -0.2) is 9.37 Å². The number of nitrogens with one attached hydrogen (secondary N) is 1. The average Bonchev–Trinajstić information content (AvgIpc) is 2.67. The van der Waals surface area contributed by atoms with E-state index in [1.165, 1.54) is 23.9 Å². The molecule has 0 saturated heterocycles. The van der Waals surface area contributed by atoms with Crippen LogP contribution in [0, 0.1) is 5.82 Å². The predicted octanol–water partition coefficient (Wildman–Crippen LogP) is 3.59. The molecule has 0 spiro atoms. The van der Waals surface area contributed by atoms with Gasteiger partial charge >= 0.3 is 0 Å². The van der Waals surface area contributed by atoms with E-state index in [-0.39, 0.29) is 23.8 Å². The topological polar surface area (TPSA) is 66.1 Å². The molecule has 0 aliphatic heterocycles. The van der Waals surface area contributed by atoms with Crippen LogP contribution < -0.4 is 5.56 Å². The number of para-hydroxylation sites is 1. The zero-order chi connectivity index (χ0) is 19.2. The minimum atomic E-state index is -0.274. The monoisotopic (exact) mass is 385 g/mol. The molecule has 5 nitrogen and oxygen atoms in total. The Bertz CT molecular complexity index is 988. The van der Waals surface area contributed by atoms with E-state index in [2.05, 4.69) is 9.97 Å². The number of nitrogens with zero attached hydrogens (tertiary/aromatic N) is 2. The highest BCUT2D eigenvalue weighted by Crippen LogP contribution is 2.19. The highest BCUT2D eigenvalue weighted by Gasteiger charge is 2.14. The van der Waals surface area contributed by atoms with Crippen LogP contribution in [0.1, 0.15) is 19.2 Å². The first kappa shape index (κ1) is 19.1. The third kappa shape index (κ3) is 4.95. The number of fused-ring (bicyclic) bond motifs is 1. The van der Waals surface area contributed by atoms with Crippen molar-refractivity contribution in [2.45, 2.75) is 24.8 Å². The largest absolute Gasteiger partial charge is 0.335 e. The number of H-pyrrole nitrogens is 1. The van der Waals surface area contributed by atoms with Gasteiger partial charge in [0, 0.05) is 23.6 Å². The first-order valence-corrected chi connectivity index (χ1v) is 9.69. The standard InChI is InChI=1S/C20H20FN3O2S/c1-2-24(19(25)11-12-27-15-9-7-14(21)8-10-15)13-18-22-17-6-4-3-5-16(17)20(26)23-18/h3-10H,2,11-13H2,1H3,(H,22,23,26). The molecule has 0 aliphatic carbocycles. The molecule has 3 rings (SSSR count). The third-order valence-corrected chi connectivity index (χ3v) is 5.15. The summed E-state index contributed by atoms with van der Waals surface area (Å²) in [5.74, 6) is 0.787. The van der Waals surface area contributed by atoms with Gasteiger partial charge in [0.25, 0.3) is 5.56 Å². The van der Waals surface area contributed by atoms with Crippen LogP contribution in [0.2, 0.25) is 0 Å². The molecule has 2 aromatic carbocycles. The van der Waals surface area contributed by atoms with Gasteiger partial charge in [0.15, 0.2) is 0 Å². The molecule has 7 heteroatoms. The van der Waals surface area contributed by atoms with Crippen molar-refractivity contribution in [1.29, 1.82) is 0 Å². The van der Waals surface area contributed by atoms with Crippen molar-refractivity contribution in [3.05, 3.63) is 70.5 Å². The maximum Gasteiger partial charge on any atom is 0.258 e. The number of carbonyl (C=O) groups excluding carboxylic acids is 1. The van der Waals surface area contributed by atoms with Crippen LogP contribution in [0.4, 0.5) is 4.39 Å². The highest BCUT2D eigenvalue weighted by molar-refractivity contribution is 7.99. The Balaban J connectivity index is 1.61. The molecule has 140 valence electrons. The van der Waals surface area contributed by atoms with Crippen LogP contribution in [-0.2, 0) is 11.3 Å². The number of aromatic amines is 1. The average molecular weight is 385 g/mol. The molecule has 3 aromatic rings. The van der Waals surface area contributed by atoms with Gasteiger partial charge in [0.2, 0.25) is 5.91 Å². The molecule has 1 aromatic heterocycles.